The molecule has 2 rings (SSSR count). The van der Waals surface area contributed by atoms with Gasteiger partial charge in [-0.3, -0.25) is 4.79 Å². The van der Waals surface area contributed by atoms with Crippen molar-refractivity contribution in [2.24, 2.45) is 11.3 Å². The largest absolute Gasteiger partial charge is 0.356 e. The van der Waals surface area contributed by atoms with Crippen LogP contribution in [0.25, 0.3) is 0 Å². The highest BCUT2D eigenvalue weighted by Crippen LogP contribution is 2.43. The molecule has 3 heteroatoms. The van der Waals surface area contributed by atoms with Gasteiger partial charge in [-0.15, -0.1) is 0 Å². The van der Waals surface area contributed by atoms with Crippen molar-refractivity contribution in [2.45, 2.75) is 39.0 Å². The van der Waals surface area contributed by atoms with Crippen LogP contribution in [0.3, 0.4) is 0 Å². The van der Waals surface area contributed by atoms with Gasteiger partial charge in [-0.05, 0) is 31.7 Å². The molecule has 3 nitrogen and oxygen atoms in total. The van der Waals surface area contributed by atoms with Crippen molar-refractivity contribution < 1.29 is 4.79 Å². The van der Waals surface area contributed by atoms with E-state index in [2.05, 4.69) is 17.6 Å². The number of hydrogen-bond donors (Lipinski definition) is 2. The van der Waals surface area contributed by atoms with Gasteiger partial charge >= 0.3 is 0 Å². The minimum absolute atomic E-state index is 0.0621. The van der Waals surface area contributed by atoms with E-state index in [1.807, 2.05) is 0 Å². The Morgan fingerprint density at radius 3 is 3.20 bits per heavy atom. The second-order valence-corrected chi connectivity index (χ2v) is 4.99. The fourth-order valence-electron chi connectivity index (χ4n) is 3.10. The molecular formula is C12H22N2O. The Morgan fingerprint density at radius 2 is 2.40 bits per heavy atom. The van der Waals surface area contributed by atoms with E-state index in [0.29, 0.717) is 11.8 Å². The maximum Gasteiger partial charge on any atom is 0.227 e. The van der Waals surface area contributed by atoms with Crippen molar-refractivity contribution in [3.8, 4) is 0 Å². The topological polar surface area (TPSA) is 41.1 Å². The van der Waals surface area contributed by atoms with Gasteiger partial charge in [-0.1, -0.05) is 19.8 Å². The molecule has 0 radical (unpaired) electrons. The molecule has 1 heterocycles. The molecule has 1 aliphatic carbocycles. The summed E-state index contributed by atoms with van der Waals surface area (Å²) >= 11 is 0. The normalized spacial score (nSPS) is 34.9. The monoisotopic (exact) mass is 210 g/mol. The quantitative estimate of drug-likeness (QED) is 0.737. The van der Waals surface area contributed by atoms with Crippen LogP contribution in [0.5, 0.6) is 0 Å². The van der Waals surface area contributed by atoms with Crippen molar-refractivity contribution in [1.29, 1.82) is 0 Å². The van der Waals surface area contributed by atoms with Gasteiger partial charge in [0.2, 0.25) is 5.91 Å². The van der Waals surface area contributed by atoms with Crippen LogP contribution in [-0.4, -0.2) is 25.5 Å². The summed E-state index contributed by atoms with van der Waals surface area (Å²) in [5.41, 5.74) is -0.0621. The summed E-state index contributed by atoms with van der Waals surface area (Å²) in [5, 5.41) is 6.49. The van der Waals surface area contributed by atoms with E-state index in [-0.39, 0.29) is 5.41 Å². The van der Waals surface area contributed by atoms with E-state index in [1.165, 1.54) is 19.3 Å². The standard InChI is InChI=1S/C12H22N2O/c1-2-7-14-11(15)12-6-4-3-5-10(12)8-13-9-12/h10,13H,2-9H2,1H3,(H,14,15)/t10-,12+/m0/s1. The van der Waals surface area contributed by atoms with E-state index >= 15 is 0 Å². The van der Waals surface area contributed by atoms with Crippen molar-refractivity contribution in [3.63, 3.8) is 0 Å². The van der Waals surface area contributed by atoms with E-state index in [1.54, 1.807) is 0 Å². The number of hydrogen-bond acceptors (Lipinski definition) is 2. The first kappa shape index (κ1) is 10.9. The van der Waals surface area contributed by atoms with Gasteiger partial charge in [0.05, 0.1) is 5.41 Å². The fourth-order valence-corrected chi connectivity index (χ4v) is 3.10. The lowest BCUT2D eigenvalue weighted by atomic mass is 9.67. The molecule has 1 aliphatic heterocycles. The molecule has 2 atom stereocenters. The molecule has 0 aromatic carbocycles. The summed E-state index contributed by atoms with van der Waals surface area (Å²) in [4.78, 5) is 12.2. The van der Waals surface area contributed by atoms with Crippen LogP contribution in [0.2, 0.25) is 0 Å². The Morgan fingerprint density at radius 1 is 1.53 bits per heavy atom. The molecule has 0 unspecified atom stereocenters. The van der Waals surface area contributed by atoms with E-state index in [0.717, 1.165) is 32.5 Å². The Kier molecular flexibility index (Phi) is 3.29. The van der Waals surface area contributed by atoms with Crippen molar-refractivity contribution >= 4 is 5.91 Å². The number of carbonyl (C=O) groups is 1. The Bertz CT molecular complexity index is 242. The number of rotatable bonds is 3. The van der Waals surface area contributed by atoms with Crippen molar-refractivity contribution in [2.75, 3.05) is 19.6 Å². The zero-order chi connectivity index (χ0) is 10.7. The Hall–Kier alpha value is -0.570. The third kappa shape index (κ3) is 1.89. The number of fused-ring (bicyclic) bond motifs is 1. The highest BCUT2D eigenvalue weighted by molar-refractivity contribution is 5.83. The molecule has 0 bridgehead atoms. The molecule has 1 amide bonds. The summed E-state index contributed by atoms with van der Waals surface area (Å²) in [6.07, 6.45) is 5.86. The van der Waals surface area contributed by atoms with Crippen LogP contribution in [0.15, 0.2) is 0 Å². The van der Waals surface area contributed by atoms with Gasteiger partial charge in [0.1, 0.15) is 0 Å². The third-order valence-electron chi connectivity index (χ3n) is 4.03. The number of carbonyl (C=O) groups excluding carboxylic acids is 1. The molecule has 0 aromatic heterocycles. The minimum atomic E-state index is -0.0621. The second kappa shape index (κ2) is 4.52. The average Bonchev–Trinajstić information content (AvgIpc) is 2.70. The molecule has 15 heavy (non-hydrogen) atoms. The Balaban J connectivity index is 2.04. The third-order valence-corrected chi connectivity index (χ3v) is 4.03. The highest BCUT2D eigenvalue weighted by atomic mass is 16.2. The van der Waals surface area contributed by atoms with Crippen molar-refractivity contribution in [3.05, 3.63) is 0 Å². The van der Waals surface area contributed by atoms with Gasteiger partial charge in [0.15, 0.2) is 0 Å². The molecule has 86 valence electrons. The first-order chi connectivity index (χ1) is 7.29. The van der Waals surface area contributed by atoms with Crippen molar-refractivity contribution in [1.82, 2.24) is 10.6 Å². The van der Waals surface area contributed by atoms with Crippen LogP contribution in [-0.2, 0) is 4.79 Å². The van der Waals surface area contributed by atoms with Gasteiger partial charge in [-0.2, -0.15) is 0 Å². The first-order valence-corrected chi connectivity index (χ1v) is 6.28. The summed E-state index contributed by atoms with van der Waals surface area (Å²) in [7, 11) is 0. The Labute approximate surface area is 92.0 Å². The van der Waals surface area contributed by atoms with Gasteiger partial charge < -0.3 is 10.6 Å². The predicted octanol–water partition coefficient (Wildman–Crippen LogP) is 1.29. The van der Waals surface area contributed by atoms with Gasteiger partial charge in [0.25, 0.3) is 0 Å². The minimum Gasteiger partial charge on any atom is -0.356 e. The van der Waals surface area contributed by atoms with E-state index in [9.17, 15) is 4.79 Å². The smallest absolute Gasteiger partial charge is 0.227 e. The molecular weight excluding hydrogens is 188 g/mol. The number of amides is 1. The maximum atomic E-state index is 12.2. The van der Waals surface area contributed by atoms with Crippen LogP contribution >= 0.6 is 0 Å². The molecule has 0 spiro atoms. The molecule has 2 N–H and O–H groups in total. The summed E-state index contributed by atoms with van der Waals surface area (Å²) in [6.45, 7) is 4.86. The summed E-state index contributed by atoms with van der Waals surface area (Å²) < 4.78 is 0. The predicted molar refractivity (Wildman–Crippen MR) is 60.6 cm³/mol. The molecule has 1 saturated carbocycles. The van der Waals surface area contributed by atoms with Crippen LogP contribution in [0, 0.1) is 11.3 Å². The van der Waals surface area contributed by atoms with E-state index in [4.69, 9.17) is 0 Å². The zero-order valence-electron chi connectivity index (χ0n) is 9.64. The first-order valence-electron chi connectivity index (χ1n) is 6.28. The van der Waals surface area contributed by atoms with E-state index < -0.39 is 0 Å². The average molecular weight is 210 g/mol. The van der Waals surface area contributed by atoms with Crippen LogP contribution in [0.4, 0.5) is 0 Å². The fraction of sp³-hybridized carbons (Fsp3) is 0.917. The summed E-state index contributed by atoms with van der Waals surface area (Å²) in [5.74, 6) is 0.891. The summed E-state index contributed by atoms with van der Waals surface area (Å²) in [6, 6.07) is 0. The van der Waals surface area contributed by atoms with Crippen LogP contribution in [0.1, 0.15) is 39.0 Å². The molecule has 1 saturated heterocycles. The molecule has 0 aromatic rings. The SMILES string of the molecule is CCCNC(=O)[C@@]12CCCC[C@H]1CNC2. The highest BCUT2D eigenvalue weighted by Gasteiger charge is 2.49. The molecule has 2 aliphatic rings. The van der Waals surface area contributed by atoms with Gasteiger partial charge in [-0.25, -0.2) is 0 Å². The zero-order valence-corrected chi connectivity index (χ0v) is 9.64. The second-order valence-electron chi connectivity index (χ2n) is 4.99. The maximum absolute atomic E-state index is 12.2. The molecule has 2 fully saturated rings. The van der Waals surface area contributed by atoms with Gasteiger partial charge in [0, 0.05) is 13.1 Å². The lowest BCUT2D eigenvalue weighted by Crippen LogP contribution is -2.47. The number of nitrogens with one attached hydrogen (secondary N) is 2. The lowest BCUT2D eigenvalue weighted by molar-refractivity contribution is -0.134. The lowest BCUT2D eigenvalue weighted by Gasteiger charge is -2.37. The van der Waals surface area contributed by atoms with Crippen LogP contribution < -0.4 is 10.6 Å².